The van der Waals surface area contributed by atoms with E-state index in [4.69, 9.17) is 11.6 Å². The Morgan fingerprint density at radius 3 is 2.48 bits per heavy atom. The summed E-state index contributed by atoms with van der Waals surface area (Å²) in [7, 11) is -4.78. The summed E-state index contributed by atoms with van der Waals surface area (Å²) in [6.07, 6.45) is 2.53. The van der Waals surface area contributed by atoms with Gasteiger partial charge in [-0.2, -0.15) is 0 Å². The quantitative estimate of drug-likeness (QED) is 0.587. The summed E-state index contributed by atoms with van der Waals surface area (Å²) >= 11 is 6.07. The zero-order valence-corrected chi connectivity index (χ0v) is 15.7. The smallest absolute Gasteiger partial charge is 0.270 e. The fourth-order valence-electron chi connectivity index (χ4n) is 2.17. The second-order valence-corrected chi connectivity index (χ2v) is 9.18. The van der Waals surface area contributed by atoms with E-state index in [1.807, 2.05) is 0 Å². The third-order valence-corrected chi connectivity index (χ3v) is 5.48. The molecule has 0 aliphatic carbocycles. The Labute approximate surface area is 152 Å². The Balaban J connectivity index is 2.47. The zero-order valence-electron chi connectivity index (χ0n) is 13.4. The molecule has 0 aliphatic rings. The molecule has 0 amide bonds. The number of nitro benzene ring substituents is 1. The van der Waals surface area contributed by atoms with Gasteiger partial charge in [-0.3, -0.25) is 14.3 Å². The molecular formula is C15H15ClN2O5S2. The van der Waals surface area contributed by atoms with Crippen LogP contribution in [0, 0.1) is 10.1 Å². The van der Waals surface area contributed by atoms with E-state index in [0.717, 1.165) is 12.3 Å². The number of non-ortho nitro benzene ring substituents is 1. The van der Waals surface area contributed by atoms with Gasteiger partial charge in [0.05, 0.1) is 15.5 Å². The minimum atomic E-state index is -3.69. The number of halogens is 1. The first-order valence-electron chi connectivity index (χ1n) is 6.92. The number of nitrogens with one attached hydrogen (secondary N) is 1. The second kappa shape index (κ2) is 7.51. The van der Waals surface area contributed by atoms with Gasteiger partial charge in [0.1, 0.15) is 0 Å². The molecule has 2 rings (SSSR count). The van der Waals surface area contributed by atoms with E-state index < -0.39 is 25.6 Å². The van der Waals surface area contributed by atoms with Crippen LogP contribution < -0.4 is 5.32 Å². The minimum Gasteiger partial charge on any atom is -0.354 e. The number of nitrogens with zero attached hydrogens (tertiary/aromatic N) is 1. The lowest BCUT2D eigenvalue weighted by Gasteiger charge is -2.12. The van der Waals surface area contributed by atoms with Crippen molar-refractivity contribution >= 4 is 49.3 Å². The number of nitro groups is 1. The van der Waals surface area contributed by atoms with Gasteiger partial charge in [-0.25, -0.2) is 8.42 Å². The molecule has 0 spiro atoms. The van der Waals surface area contributed by atoms with Crippen molar-refractivity contribution < 1.29 is 17.6 Å². The normalized spacial score (nSPS) is 12.6. The van der Waals surface area contributed by atoms with Gasteiger partial charge in [-0.1, -0.05) is 11.6 Å². The highest BCUT2D eigenvalue weighted by atomic mass is 35.5. The molecule has 0 aromatic heterocycles. The van der Waals surface area contributed by atoms with E-state index in [1.165, 1.54) is 12.1 Å². The van der Waals surface area contributed by atoms with E-state index in [0.29, 0.717) is 16.3 Å². The number of sulfone groups is 1. The summed E-state index contributed by atoms with van der Waals surface area (Å²) in [5.74, 6) is 0.257. The van der Waals surface area contributed by atoms with Gasteiger partial charge in [-0.05, 0) is 29.8 Å². The van der Waals surface area contributed by atoms with Crippen LogP contribution in [0.4, 0.5) is 17.1 Å². The van der Waals surface area contributed by atoms with Gasteiger partial charge in [0, 0.05) is 51.9 Å². The van der Waals surface area contributed by atoms with Crippen LogP contribution in [0.15, 0.2) is 41.3 Å². The molecule has 0 saturated heterocycles. The summed E-state index contributed by atoms with van der Waals surface area (Å²) in [5, 5.41) is 14.3. The molecule has 2 aromatic carbocycles. The summed E-state index contributed by atoms with van der Waals surface area (Å²) in [6, 6.07) is 8.47. The molecule has 1 unspecified atom stereocenters. The van der Waals surface area contributed by atoms with E-state index in [-0.39, 0.29) is 22.0 Å². The maximum Gasteiger partial charge on any atom is 0.270 e. The summed E-state index contributed by atoms with van der Waals surface area (Å²) < 4.78 is 35.3. The fraction of sp³-hybridized carbons (Fsp3) is 0.200. The van der Waals surface area contributed by atoms with Crippen LogP contribution in [0.1, 0.15) is 5.56 Å². The Kier molecular flexibility index (Phi) is 5.81. The molecule has 1 N–H and O–H groups in total. The first-order valence-corrected chi connectivity index (χ1v) is 10.9. The third kappa shape index (κ3) is 5.00. The van der Waals surface area contributed by atoms with Crippen LogP contribution in [0.3, 0.4) is 0 Å². The van der Waals surface area contributed by atoms with Gasteiger partial charge < -0.3 is 5.32 Å². The topological polar surface area (TPSA) is 106 Å². The van der Waals surface area contributed by atoms with Crippen LogP contribution in [-0.4, -0.2) is 30.1 Å². The highest BCUT2D eigenvalue weighted by Crippen LogP contribution is 2.30. The number of hydrogen-bond donors (Lipinski definition) is 1. The Morgan fingerprint density at radius 1 is 1.24 bits per heavy atom. The molecule has 25 heavy (non-hydrogen) atoms. The molecule has 1 atom stereocenters. The van der Waals surface area contributed by atoms with Crippen molar-refractivity contribution in [1.82, 2.24) is 0 Å². The average molecular weight is 403 g/mol. The molecule has 0 heterocycles. The predicted molar refractivity (Wildman–Crippen MR) is 98.7 cm³/mol. The maximum atomic E-state index is 12.0. The molecule has 10 heteroatoms. The molecule has 2 aromatic rings. The van der Waals surface area contributed by atoms with Crippen molar-refractivity contribution in [2.45, 2.75) is 10.6 Å². The predicted octanol–water partition coefficient (Wildman–Crippen LogP) is 3.27. The molecule has 0 aliphatic heterocycles. The van der Waals surface area contributed by atoms with Crippen molar-refractivity contribution in [2.24, 2.45) is 0 Å². The minimum absolute atomic E-state index is 0.183. The third-order valence-electron chi connectivity index (χ3n) is 3.26. The Hall–Kier alpha value is -1.97. The summed E-state index contributed by atoms with van der Waals surface area (Å²) in [5.41, 5.74) is 1.07. The van der Waals surface area contributed by atoms with Gasteiger partial charge in [0.25, 0.3) is 5.69 Å². The van der Waals surface area contributed by atoms with Crippen LogP contribution >= 0.6 is 11.6 Å². The molecule has 0 saturated carbocycles. The number of benzene rings is 2. The summed E-state index contributed by atoms with van der Waals surface area (Å²) in [6.45, 7) is 0. The molecule has 7 nitrogen and oxygen atoms in total. The lowest BCUT2D eigenvalue weighted by Crippen LogP contribution is -2.04. The van der Waals surface area contributed by atoms with Crippen LogP contribution in [-0.2, 0) is 26.4 Å². The monoisotopic (exact) mass is 402 g/mol. The largest absolute Gasteiger partial charge is 0.354 e. The standard InChI is InChI=1S/C15H15ClN2O5S2/c1-24(21)9-10-7-11(3-5-13(10)16)17-14-6-4-12(18(19)20)8-15(14)25(2,22)23/h3-8,17H,9H2,1-2H3. The maximum absolute atomic E-state index is 12.0. The average Bonchev–Trinajstić information content (AvgIpc) is 2.49. The zero-order chi connectivity index (χ0) is 18.8. The van der Waals surface area contributed by atoms with Crippen molar-refractivity contribution in [3.63, 3.8) is 0 Å². The SMILES string of the molecule is CS(=O)Cc1cc(Nc2ccc([N+](=O)[O-])cc2S(C)(=O)=O)ccc1Cl. The highest BCUT2D eigenvalue weighted by Gasteiger charge is 2.19. The van der Waals surface area contributed by atoms with Crippen molar-refractivity contribution in [1.29, 1.82) is 0 Å². The first-order chi connectivity index (χ1) is 11.6. The fourth-order valence-corrected chi connectivity index (χ4v) is 3.97. The molecule has 0 bridgehead atoms. The number of anilines is 2. The van der Waals surface area contributed by atoms with E-state index >= 15 is 0 Å². The van der Waals surface area contributed by atoms with Crippen LogP contribution in [0.25, 0.3) is 0 Å². The highest BCUT2D eigenvalue weighted by molar-refractivity contribution is 7.90. The first kappa shape index (κ1) is 19.4. The molecule has 0 fully saturated rings. The van der Waals surface area contributed by atoms with Crippen molar-refractivity contribution in [3.8, 4) is 0 Å². The van der Waals surface area contributed by atoms with Gasteiger partial charge >= 0.3 is 0 Å². The second-order valence-electron chi connectivity index (χ2n) is 5.36. The van der Waals surface area contributed by atoms with Crippen LogP contribution in [0.2, 0.25) is 5.02 Å². The molecule has 134 valence electrons. The van der Waals surface area contributed by atoms with Gasteiger partial charge in [0.15, 0.2) is 9.84 Å². The Morgan fingerprint density at radius 2 is 1.92 bits per heavy atom. The molecule has 0 radical (unpaired) electrons. The van der Waals surface area contributed by atoms with E-state index in [1.54, 1.807) is 24.5 Å². The van der Waals surface area contributed by atoms with Crippen molar-refractivity contribution in [3.05, 3.63) is 57.1 Å². The van der Waals surface area contributed by atoms with E-state index in [9.17, 15) is 22.7 Å². The lowest BCUT2D eigenvalue weighted by atomic mass is 10.2. The van der Waals surface area contributed by atoms with Gasteiger partial charge in [0.2, 0.25) is 0 Å². The lowest BCUT2D eigenvalue weighted by molar-refractivity contribution is -0.385. The molecular weight excluding hydrogens is 388 g/mol. The number of rotatable bonds is 6. The Bertz CT molecular complexity index is 960. The van der Waals surface area contributed by atoms with Crippen molar-refractivity contribution in [2.75, 3.05) is 17.8 Å². The van der Waals surface area contributed by atoms with E-state index in [2.05, 4.69) is 5.32 Å². The van der Waals surface area contributed by atoms with Gasteiger partial charge in [-0.15, -0.1) is 0 Å². The van der Waals surface area contributed by atoms with Crippen LogP contribution in [0.5, 0.6) is 0 Å². The summed E-state index contributed by atoms with van der Waals surface area (Å²) in [4.78, 5) is 10.0. The number of hydrogen-bond acceptors (Lipinski definition) is 6.